The van der Waals surface area contributed by atoms with E-state index in [2.05, 4.69) is 26.6 Å². The summed E-state index contributed by atoms with van der Waals surface area (Å²) in [4.78, 5) is 17.9. The molecular formula is C19H21N7OS. The topological polar surface area (TPSA) is 82.6 Å². The lowest BCUT2D eigenvalue weighted by Gasteiger charge is -2.15. The maximum atomic E-state index is 13.2. The molecule has 0 aromatic carbocycles. The molecule has 9 heteroatoms. The summed E-state index contributed by atoms with van der Waals surface area (Å²) in [6.45, 7) is 1.16. The minimum Gasteiger partial charge on any atom is -0.323 e. The van der Waals surface area contributed by atoms with Crippen molar-refractivity contribution in [3.63, 3.8) is 0 Å². The van der Waals surface area contributed by atoms with Gasteiger partial charge in [0.2, 0.25) is 0 Å². The normalized spacial score (nSPS) is 14.0. The fraction of sp³-hybridized carbons (Fsp3) is 0.368. The summed E-state index contributed by atoms with van der Waals surface area (Å²) >= 11 is 1.61. The van der Waals surface area contributed by atoms with Crippen molar-refractivity contribution in [2.45, 2.75) is 25.9 Å². The highest BCUT2D eigenvalue weighted by Gasteiger charge is 2.21. The SMILES string of the molecule is CNCc1nc2c(s1)c1cnn(CC3=CCCc4c3cnn4C)c(=O)c1n2C. The first-order valence-electron chi connectivity index (χ1n) is 9.27. The number of nitrogens with zero attached hydrogens (tertiary/aromatic N) is 6. The van der Waals surface area contributed by atoms with E-state index in [0.717, 1.165) is 44.7 Å². The quantitative estimate of drug-likeness (QED) is 0.570. The summed E-state index contributed by atoms with van der Waals surface area (Å²) in [6.07, 6.45) is 7.81. The number of hydrogen-bond acceptors (Lipinski definition) is 6. The lowest BCUT2D eigenvalue weighted by molar-refractivity contribution is 0.658. The Morgan fingerprint density at radius 1 is 1.25 bits per heavy atom. The molecule has 0 spiro atoms. The molecule has 4 aromatic rings. The molecule has 4 heterocycles. The molecule has 0 bridgehead atoms. The number of fused-ring (bicyclic) bond motifs is 4. The summed E-state index contributed by atoms with van der Waals surface area (Å²) in [7, 11) is 5.76. The van der Waals surface area contributed by atoms with Crippen LogP contribution in [-0.2, 0) is 33.6 Å². The fourth-order valence-electron chi connectivity index (χ4n) is 4.00. The van der Waals surface area contributed by atoms with E-state index in [1.54, 1.807) is 22.2 Å². The molecule has 0 fully saturated rings. The Hall–Kier alpha value is -2.78. The van der Waals surface area contributed by atoms with Gasteiger partial charge in [0.1, 0.15) is 10.5 Å². The summed E-state index contributed by atoms with van der Waals surface area (Å²) < 4.78 is 6.38. The molecule has 0 unspecified atom stereocenters. The molecule has 28 heavy (non-hydrogen) atoms. The number of aryl methyl sites for hydroxylation is 2. The molecule has 0 atom stereocenters. The van der Waals surface area contributed by atoms with E-state index in [4.69, 9.17) is 0 Å². The van der Waals surface area contributed by atoms with E-state index in [-0.39, 0.29) is 5.56 Å². The van der Waals surface area contributed by atoms with Gasteiger partial charge in [-0.2, -0.15) is 10.2 Å². The summed E-state index contributed by atoms with van der Waals surface area (Å²) in [6, 6.07) is 0. The van der Waals surface area contributed by atoms with Gasteiger partial charge in [0, 0.05) is 37.3 Å². The molecule has 0 amide bonds. The smallest absolute Gasteiger partial charge is 0.291 e. The zero-order valence-electron chi connectivity index (χ0n) is 16.1. The first-order valence-corrected chi connectivity index (χ1v) is 10.1. The number of hydrogen-bond donors (Lipinski definition) is 1. The number of thiazole rings is 1. The van der Waals surface area contributed by atoms with Crippen molar-refractivity contribution in [2.24, 2.45) is 14.1 Å². The first kappa shape index (κ1) is 17.3. The summed E-state index contributed by atoms with van der Waals surface area (Å²) in [5, 5.41) is 13.9. The van der Waals surface area contributed by atoms with Crippen molar-refractivity contribution in [3.05, 3.63) is 45.1 Å². The van der Waals surface area contributed by atoms with Crippen LogP contribution in [0.2, 0.25) is 0 Å². The molecule has 5 rings (SSSR count). The maximum Gasteiger partial charge on any atom is 0.291 e. The van der Waals surface area contributed by atoms with Crippen LogP contribution in [0.1, 0.15) is 22.7 Å². The van der Waals surface area contributed by atoms with Gasteiger partial charge >= 0.3 is 0 Å². The molecule has 0 aliphatic heterocycles. The molecule has 0 radical (unpaired) electrons. The number of rotatable bonds is 4. The zero-order valence-corrected chi connectivity index (χ0v) is 16.9. The van der Waals surface area contributed by atoms with Crippen LogP contribution < -0.4 is 10.9 Å². The largest absolute Gasteiger partial charge is 0.323 e. The third kappa shape index (κ3) is 2.46. The lowest BCUT2D eigenvalue weighted by Crippen LogP contribution is -2.25. The van der Waals surface area contributed by atoms with Crippen LogP contribution in [0.3, 0.4) is 0 Å². The molecule has 0 saturated carbocycles. The zero-order chi connectivity index (χ0) is 19.4. The van der Waals surface area contributed by atoms with Gasteiger partial charge in [0.05, 0.1) is 23.6 Å². The van der Waals surface area contributed by atoms with Gasteiger partial charge < -0.3 is 9.88 Å². The second-order valence-electron chi connectivity index (χ2n) is 7.12. The molecule has 0 saturated heterocycles. The van der Waals surface area contributed by atoms with Crippen LogP contribution in [-0.4, -0.2) is 36.2 Å². The Bertz CT molecular complexity index is 1300. The van der Waals surface area contributed by atoms with Crippen molar-refractivity contribution < 1.29 is 0 Å². The van der Waals surface area contributed by atoms with Crippen LogP contribution in [0.25, 0.3) is 26.8 Å². The van der Waals surface area contributed by atoms with Crippen molar-refractivity contribution in [2.75, 3.05) is 7.05 Å². The lowest BCUT2D eigenvalue weighted by atomic mass is 9.97. The van der Waals surface area contributed by atoms with Crippen molar-refractivity contribution in [3.8, 4) is 0 Å². The van der Waals surface area contributed by atoms with E-state index >= 15 is 0 Å². The molecule has 1 aliphatic rings. The highest BCUT2D eigenvalue weighted by Crippen LogP contribution is 2.31. The molecule has 1 N–H and O–H groups in total. The highest BCUT2D eigenvalue weighted by molar-refractivity contribution is 7.19. The predicted octanol–water partition coefficient (Wildman–Crippen LogP) is 1.83. The van der Waals surface area contributed by atoms with Gasteiger partial charge in [0.15, 0.2) is 5.65 Å². The average Bonchev–Trinajstić information content (AvgIpc) is 3.34. The number of aromatic nitrogens is 6. The summed E-state index contributed by atoms with van der Waals surface area (Å²) in [5.74, 6) is 0. The Morgan fingerprint density at radius 3 is 2.93 bits per heavy atom. The van der Waals surface area contributed by atoms with Crippen LogP contribution >= 0.6 is 11.3 Å². The number of nitrogens with one attached hydrogen (secondary N) is 1. The molecule has 144 valence electrons. The van der Waals surface area contributed by atoms with Crippen molar-refractivity contribution in [1.82, 2.24) is 34.4 Å². The Morgan fingerprint density at radius 2 is 2.11 bits per heavy atom. The van der Waals surface area contributed by atoms with E-state index in [1.165, 1.54) is 5.69 Å². The predicted molar refractivity (Wildman–Crippen MR) is 110 cm³/mol. The third-order valence-electron chi connectivity index (χ3n) is 5.40. The third-order valence-corrected chi connectivity index (χ3v) is 6.48. The summed E-state index contributed by atoms with van der Waals surface area (Å²) in [5.41, 5.74) is 4.85. The number of allylic oxidation sites excluding steroid dienone is 2. The molecule has 1 aliphatic carbocycles. The Labute approximate surface area is 165 Å². The maximum absolute atomic E-state index is 13.2. The minimum atomic E-state index is -0.0859. The van der Waals surface area contributed by atoms with Gasteiger partial charge in [-0.25, -0.2) is 9.67 Å². The second-order valence-corrected chi connectivity index (χ2v) is 8.20. The first-order chi connectivity index (χ1) is 13.6. The molecule has 4 aromatic heterocycles. The van der Waals surface area contributed by atoms with Gasteiger partial charge in [-0.3, -0.25) is 9.48 Å². The van der Waals surface area contributed by atoms with Crippen molar-refractivity contribution in [1.29, 1.82) is 0 Å². The highest BCUT2D eigenvalue weighted by atomic mass is 32.1. The average molecular weight is 395 g/mol. The van der Waals surface area contributed by atoms with Crippen LogP contribution in [0.15, 0.2) is 23.3 Å². The van der Waals surface area contributed by atoms with E-state index in [0.29, 0.717) is 18.6 Å². The van der Waals surface area contributed by atoms with Crippen LogP contribution in [0, 0.1) is 0 Å². The van der Waals surface area contributed by atoms with Crippen LogP contribution in [0.5, 0.6) is 0 Å². The fourth-order valence-corrected chi connectivity index (χ4v) is 5.12. The Balaban J connectivity index is 1.60. The second kappa shape index (κ2) is 6.39. The Kier molecular flexibility index (Phi) is 3.95. The van der Waals surface area contributed by atoms with Crippen molar-refractivity contribution >= 4 is 38.2 Å². The van der Waals surface area contributed by atoms with Gasteiger partial charge in [-0.05, 0) is 25.5 Å². The van der Waals surface area contributed by atoms with Gasteiger partial charge in [0.25, 0.3) is 5.56 Å². The van der Waals surface area contributed by atoms with E-state index in [9.17, 15) is 4.79 Å². The minimum absolute atomic E-state index is 0.0859. The van der Waals surface area contributed by atoms with E-state index in [1.807, 2.05) is 36.6 Å². The van der Waals surface area contributed by atoms with Gasteiger partial charge in [-0.15, -0.1) is 11.3 Å². The molecular weight excluding hydrogens is 374 g/mol. The van der Waals surface area contributed by atoms with E-state index < -0.39 is 0 Å². The monoisotopic (exact) mass is 395 g/mol. The molecule has 8 nitrogen and oxygen atoms in total. The standard InChI is InChI=1S/C19H21N7OS/c1-20-9-15-23-18-17(28-15)13-8-22-26(19(27)16(13)24(18)2)10-11-5-4-6-14-12(11)7-21-25(14)3/h5,7-8,20H,4,6,9-10H2,1-3H3. The van der Waals surface area contributed by atoms with Gasteiger partial charge in [-0.1, -0.05) is 6.08 Å². The van der Waals surface area contributed by atoms with Crippen LogP contribution in [0.4, 0.5) is 0 Å².